The Morgan fingerprint density at radius 3 is 2.39 bits per heavy atom. The average molecular weight is 415 g/mol. The standard InChI is InChI=1S/C25H26N4O2/c1-18-23(24(28-31-18)21-10-6-3-7-11-21)25-27-26-22(30-25)17-29-14-12-20(13-15-29)16-19-8-4-2-5-9-19/h2-11,20H,12-17H2,1H3. The summed E-state index contributed by atoms with van der Waals surface area (Å²) in [6.07, 6.45) is 3.55. The molecule has 4 aromatic rings. The molecule has 1 aliphatic rings. The van der Waals surface area contributed by atoms with Crippen LogP contribution in [-0.4, -0.2) is 33.3 Å². The van der Waals surface area contributed by atoms with Crippen molar-refractivity contribution in [3.8, 4) is 22.7 Å². The molecule has 0 aliphatic carbocycles. The SMILES string of the molecule is Cc1onc(-c2ccccc2)c1-c1nnc(CN2CCC(Cc3ccccc3)CC2)o1. The molecule has 0 saturated carbocycles. The Kier molecular flexibility index (Phi) is 5.63. The van der Waals surface area contributed by atoms with Crippen LogP contribution < -0.4 is 0 Å². The van der Waals surface area contributed by atoms with Crippen molar-refractivity contribution < 1.29 is 8.94 Å². The van der Waals surface area contributed by atoms with Gasteiger partial charge in [-0.1, -0.05) is 65.8 Å². The van der Waals surface area contributed by atoms with Gasteiger partial charge >= 0.3 is 0 Å². The van der Waals surface area contributed by atoms with Gasteiger partial charge in [0.05, 0.1) is 6.54 Å². The van der Waals surface area contributed by atoms with Crippen molar-refractivity contribution >= 4 is 0 Å². The summed E-state index contributed by atoms with van der Waals surface area (Å²) in [6, 6.07) is 20.7. The molecule has 31 heavy (non-hydrogen) atoms. The maximum absolute atomic E-state index is 6.03. The highest BCUT2D eigenvalue weighted by Gasteiger charge is 2.24. The zero-order chi connectivity index (χ0) is 21.0. The first-order chi connectivity index (χ1) is 15.3. The lowest BCUT2D eigenvalue weighted by molar-refractivity contribution is 0.164. The van der Waals surface area contributed by atoms with E-state index in [0.29, 0.717) is 24.1 Å². The molecule has 0 N–H and O–H groups in total. The van der Waals surface area contributed by atoms with Gasteiger partial charge in [0.25, 0.3) is 5.89 Å². The summed E-state index contributed by atoms with van der Waals surface area (Å²) in [5.74, 6) is 2.52. The van der Waals surface area contributed by atoms with Crippen LogP contribution in [0.3, 0.4) is 0 Å². The largest absolute Gasteiger partial charge is 0.419 e. The van der Waals surface area contributed by atoms with E-state index in [1.165, 1.54) is 18.4 Å². The maximum Gasteiger partial charge on any atom is 0.253 e. The summed E-state index contributed by atoms with van der Waals surface area (Å²) in [5, 5.41) is 12.8. The second-order valence-electron chi connectivity index (χ2n) is 8.24. The third kappa shape index (κ3) is 4.44. The van der Waals surface area contributed by atoms with Crippen LogP contribution >= 0.6 is 0 Å². The van der Waals surface area contributed by atoms with Crippen molar-refractivity contribution in [1.82, 2.24) is 20.3 Å². The third-order valence-electron chi connectivity index (χ3n) is 6.02. The van der Waals surface area contributed by atoms with Crippen molar-refractivity contribution in [1.29, 1.82) is 0 Å². The highest BCUT2D eigenvalue weighted by atomic mass is 16.5. The van der Waals surface area contributed by atoms with E-state index in [-0.39, 0.29) is 0 Å². The first-order valence-electron chi connectivity index (χ1n) is 10.9. The molecular formula is C25H26N4O2. The fourth-order valence-corrected chi connectivity index (χ4v) is 4.32. The van der Waals surface area contributed by atoms with Gasteiger partial charge < -0.3 is 8.94 Å². The number of rotatable bonds is 6. The molecule has 0 spiro atoms. The fourth-order valence-electron chi connectivity index (χ4n) is 4.32. The lowest BCUT2D eigenvalue weighted by Gasteiger charge is -2.31. The lowest BCUT2D eigenvalue weighted by atomic mass is 9.90. The molecule has 0 amide bonds. The van der Waals surface area contributed by atoms with E-state index in [9.17, 15) is 0 Å². The first kappa shape index (κ1) is 19.7. The quantitative estimate of drug-likeness (QED) is 0.434. The van der Waals surface area contributed by atoms with E-state index in [1.54, 1.807) is 0 Å². The van der Waals surface area contributed by atoms with Crippen LogP contribution in [0.5, 0.6) is 0 Å². The molecule has 0 unspecified atom stereocenters. The molecule has 6 nitrogen and oxygen atoms in total. The molecule has 0 bridgehead atoms. The van der Waals surface area contributed by atoms with Crippen LogP contribution in [0.15, 0.2) is 69.6 Å². The summed E-state index contributed by atoms with van der Waals surface area (Å²) in [5.41, 5.74) is 3.90. The molecule has 1 fully saturated rings. The molecule has 5 rings (SSSR count). The second kappa shape index (κ2) is 8.86. The summed E-state index contributed by atoms with van der Waals surface area (Å²) < 4.78 is 11.5. The summed E-state index contributed by atoms with van der Waals surface area (Å²) >= 11 is 0. The summed E-state index contributed by atoms with van der Waals surface area (Å²) in [4.78, 5) is 2.40. The molecule has 158 valence electrons. The fraction of sp³-hybridized carbons (Fsp3) is 0.320. The van der Waals surface area contributed by atoms with Gasteiger partial charge in [0.15, 0.2) is 0 Å². The van der Waals surface area contributed by atoms with E-state index in [1.807, 2.05) is 37.3 Å². The van der Waals surface area contributed by atoms with Crippen LogP contribution in [0, 0.1) is 12.8 Å². The molecule has 0 atom stereocenters. The molecule has 6 heteroatoms. The lowest BCUT2D eigenvalue weighted by Crippen LogP contribution is -2.33. The number of aryl methyl sites for hydroxylation is 1. The number of hydrogen-bond donors (Lipinski definition) is 0. The van der Waals surface area contributed by atoms with Crippen LogP contribution in [0.1, 0.15) is 30.1 Å². The highest BCUT2D eigenvalue weighted by molar-refractivity contribution is 5.77. The monoisotopic (exact) mass is 414 g/mol. The molecule has 2 aromatic carbocycles. The van der Waals surface area contributed by atoms with Crippen LogP contribution in [0.25, 0.3) is 22.7 Å². The van der Waals surface area contributed by atoms with Gasteiger partial charge in [-0.3, -0.25) is 4.90 Å². The Morgan fingerprint density at radius 2 is 1.65 bits per heavy atom. The zero-order valence-electron chi connectivity index (χ0n) is 17.7. The van der Waals surface area contributed by atoms with Crippen LogP contribution in [0.2, 0.25) is 0 Å². The topological polar surface area (TPSA) is 68.2 Å². The average Bonchev–Trinajstić information content (AvgIpc) is 3.42. The van der Waals surface area contributed by atoms with Gasteiger partial charge in [-0.15, -0.1) is 10.2 Å². The molecule has 1 saturated heterocycles. The van der Waals surface area contributed by atoms with E-state index in [2.05, 4.69) is 50.6 Å². The van der Waals surface area contributed by atoms with Gasteiger partial charge in [-0.25, -0.2) is 0 Å². The van der Waals surface area contributed by atoms with Crippen molar-refractivity contribution in [3.05, 3.63) is 77.9 Å². The number of benzene rings is 2. The van der Waals surface area contributed by atoms with E-state index in [0.717, 1.165) is 42.2 Å². The normalized spacial score (nSPS) is 15.4. The van der Waals surface area contributed by atoms with Crippen molar-refractivity contribution in [2.75, 3.05) is 13.1 Å². The summed E-state index contributed by atoms with van der Waals surface area (Å²) in [7, 11) is 0. The Morgan fingerprint density at radius 1 is 0.935 bits per heavy atom. The van der Waals surface area contributed by atoms with Crippen LogP contribution in [-0.2, 0) is 13.0 Å². The smallest absolute Gasteiger partial charge is 0.253 e. The Labute approximate surface area is 181 Å². The third-order valence-corrected chi connectivity index (χ3v) is 6.02. The van der Waals surface area contributed by atoms with E-state index >= 15 is 0 Å². The minimum atomic E-state index is 0.464. The Hall–Kier alpha value is -3.25. The van der Waals surface area contributed by atoms with Crippen molar-refractivity contribution in [2.45, 2.75) is 32.7 Å². The first-order valence-corrected chi connectivity index (χ1v) is 10.9. The molecule has 2 aromatic heterocycles. The summed E-state index contributed by atoms with van der Waals surface area (Å²) in [6.45, 7) is 4.65. The minimum Gasteiger partial charge on any atom is -0.419 e. The number of nitrogens with zero attached hydrogens (tertiary/aromatic N) is 4. The van der Waals surface area contributed by atoms with Gasteiger partial charge in [0.2, 0.25) is 5.89 Å². The molecular weight excluding hydrogens is 388 g/mol. The van der Waals surface area contributed by atoms with Crippen molar-refractivity contribution in [3.63, 3.8) is 0 Å². The zero-order valence-corrected chi connectivity index (χ0v) is 17.7. The van der Waals surface area contributed by atoms with Gasteiger partial charge in [-0.05, 0) is 50.8 Å². The number of aromatic nitrogens is 3. The number of likely N-dealkylation sites (tertiary alicyclic amines) is 1. The number of piperidine rings is 1. The minimum absolute atomic E-state index is 0.464. The predicted molar refractivity (Wildman–Crippen MR) is 118 cm³/mol. The molecule has 0 radical (unpaired) electrons. The van der Waals surface area contributed by atoms with Gasteiger partial charge in [0, 0.05) is 5.56 Å². The van der Waals surface area contributed by atoms with E-state index in [4.69, 9.17) is 8.94 Å². The molecule has 1 aliphatic heterocycles. The highest BCUT2D eigenvalue weighted by Crippen LogP contribution is 2.33. The molecule has 3 heterocycles. The van der Waals surface area contributed by atoms with Crippen molar-refractivity contribution in [2.24, 2.45) is 5.92 Å². The van der Waals surface area contributed by atoms with E-state index < -0.39 is 0 Å². The Balaban J connectivity index is 1.23. The van der Waals surface area contributed by atoms with Gasteiger partial charge in [-0.2, -0.15) is 0 Å². The maximum atomic E-state index is 6.03. The number of hydrogen-bond acceptors (Lipinski definition) is 6. The predicted octanol–water partition coefficient (Wildman–Crippen LogP) is 5.15. The Bertz CT molecular complexity index is 1110. The van der Waals surface area contributed by atoms with Crippen LogP contribution in [0.4, 0.5) is 0 Å². The second-order valence-corrected chi connectivity index (χ2v) is 8.24. The van der Waals surface area contributed by atoms with Gasteiger partial charge in [0.1, 0.15) is 17.0 Å².